The van der Waals surface area contributed by atoms with E-state index in [1.54, 1.807) is 25.1 Å². The van der Waals surface area contributed by atoms with Gasteiger partial charge in [0.2, 0.25) is 10.0 Å². The van der Waals surface area contributed by atoms with E-state index in [0.717, 1.165) is 12.1 Å². The molecule has 0 aliphatic carbocycles. The van der Waals surface area contributed by atoms with Crippen molar-refractivity contribution in [3.8, 4) is 0 Å². The first kappa shape index (κ1) is 15.6. The van der Waals surface area contributed by atoms with Crippen molar-refractivity contribution in [1.82, 2.24) is 4.72 Å². The first-order chi connectivity index (χ1) is 9.83. The Labute approximate surface area is 122 Å². The Morgan fingerprint density at radius 2 is 1.57 bits per heavy atom. The first-order valence-electron chi connectivity index (χ1n) is 6.35. The standard InChI is InChI=1S/C15H15F2NO2S/c1-10-6-3-4-9-14(10)21(19,20)18-11(2)15-12(16)7-5-8-13(15)17/h3-9,11,18H,1-2H3. The van der Waals surface area contributed by atoms with E-state index in [9.17, 15) is 17.2 Å². The smallest absolute Gasteiger partial charge is 0.207 e. The van der Waals surface area contributed by atoms with Crippen molar-refractivity contribution in [1.29, 1.82) is 0 Å². The van der Waals surface area contributed by atoms with Gasteiger partial charge in [-0.3, -0.25) is 0 Å². The summed E-state index contributed by atoms with van der Waals surface area (Å²) >= 11 is 0. The van der Waals surface area contributed by atoms with Gasteiger partial charge < -0.3 is 0 Å². The van der Waals surface area contributed by atoms with Crippen LogP contribution in [0.4, 0.5) is 8.78 Å². The summed E-state index contributed by atoms with van der Waals surface area (Å²) in [5.41, 5.74) is 0.265. The molecule has 6 heteroatoms. The van der Waals surface area contributed by atoms with Crippen molar-refractivity contribution in [3.63, 3.8) is 0 Å². The monoisotopic (exact) mass is 311 g/mol. The van der Waals surface area contributed by atoms with Crippen LogP contribution >= 0.6 is 0 Å². The SMILES string of the molecule is Cc1ccccc1S(=O)(=O)NC(C)c1c(F)cccc1F. The molecule has 0 fully saturated rings. The number of halogens is 2. The topological polar surface area (TPSA) is 46.2 Å². The van der Waals surface area contributed by atoms with Gasteiger partial charge in [0.05, 0.1) is 4.90 Å². The summed E-state index contributed by atoms with van der Waals surface area (Å²) in [6.45, 7) is 3.06. The zero-order valence-corrected chi connectivity index (χ0v) is 12.4. The van der Waals surface area contributed by atoms with Gasteiger partial charge in [0.15, 0.2) is 0 Å². The van der Waals surface area contributed by atoms with Gasteiger partial charge in [0, 0.05) is 11.6 Å². The maximum Gasteiger partial charge on any atom is 0.241 e. The van der Waals surface area contributed by atoms with E-state index < -0.39 is 27.7 Å². The van der Waals surface area contributed by atoms with Gasteiger partial charge in [-0.2, -0.15) is 0 Å². The van der Waals surface area contributed by atoms with E-state index in [1.165, 1.54) is 19.1 Å². The molecule has 1 unspecified atom stereocenters. The van der Waals surface area contributed by atoms with E-state index in [1.807, 2.05) is 0 Å². The molecule has 0 saturated heterocycles. The molecule has 0 spiro atoms. The normalized spacial score (nSPS) is 13.1. The van der Waals surface area contributed by atoms with E-state index in [4.69, 9.17) is 0 Å². The van der Waals surface area contributed by atoms with E-state index in [2.05, 4.69) is 4.72 Å². The van der Waals surface area contributed by atoms with Gasteiger partial charge in [-0.15, -0.1) is 0 Å². The maximum absolute atomic E-state index is 13.7. The minimum absolute atomic E-state index is 0.0913. The molecule has 112 valence electrons. The summed E-state index contributed by atoms with van der Waals surface area (Å²) in [5.74, 6) is -1.56. The van der Waals surface area contributed by atoms with Crippen LogP contribution in [0.1, 0.15) is 24.1 Å². The highest BCUT2D eigenvalue weighted by molar-refractivity contribution is 7.89. The Hall–Kier alpha value is -1.79. The largest absolute Gasteiger partial charge is 0.241 e. The molecule has 1 atom stereocenters. The number of hydrogen-bond acceptors (Lipinski definition) is 2. The molecule has 3 nitrogen and oxygen atoms in total. The fourth-order valence-electron chi connectivity index (χ4n) is 2.14. The predicted molar refractivity (Wildman–Crippen MR) is 76.3 cm³/mol. The van der Waals surface area contributed by atoms with Gasteiger partial charge in [-0.1, -0.05) is 24.3 Å². The summed E-state index contributed by atoms with van der Waals surface area (Å²) in [4.78, 5) is 0.0913. The lowest BCUT2D eigenvalue weighted by molar-refractivity contribution is 0.514. The van der Waals surface area contributed by atoms with Crippen molar-refractivity contribution in [2.45, 2.75) is 24.8 Å². The van der Waals surface area contributed by atoms with Crippen molar-refractivity contribution in [2.75, 3.05) is 0 Å². The van der Waals surface area contributed by atoms with Crippen LogP contribution in [-0.2, 0) is 10.0 Å². The van der Waals surface area contributed by atoms with Crippen molar-refractivity contribution < 1.29 is 17.2 Å². The molecule has 0 aliphatic rings. The third-order valence-corrected chi connectivity index (χ3v) is 4.85. The second-order valence-electron chi connectivity index (χ2n) is 4.74. The lowest BCUT2D eigenvalue weighted by Crippen LogP contribution is -2.28. The molecule has 1 N–H and O–H groups in total. The second kappa shape index (κ2) is 5.91. The quantitative estimate of drug-likeness (QED) is 0.941. The lowest BCUT2D eigenvalue weighted by atomic mass is 10.1. The van der Waals surface area contributed by atoms with E-state index in [-0.39, 0.29) is 10.5 Å². The molecule has 0 radical (unpaired) electrons. The molecule has 0 amide bonds. The molecule has 2 rings (SSSR count). The molecule has 0 saturated carbocycles. The average Bonchev–Trinajstić information content (AvgIpc) is 2.38. The van der Waals surface area contributed by atoms with E-state index >= 15 is 0 Å². The lowest BCUT2D eigenvalue weighted by Gasteiger charge is -2.17. The zero-order valence-electron chi connectivity index (χ0n) is 11.6. The van der Waals surface area contributed by atoms with Gasteiger partial charge in [0.25, 0.3) is 0 Å². The molecule has 0 bridgehead atoms. The van der Waals surface area contributed by atoms with Crippen LogP contribution in [0.15, 0.2) is 47.4 Å². The predicted octanol–water partition coefficient (Wildman–Crippen LogP) is 3.31. The van der Waals surface area contributed by atoms with Crippen LogP contribution < -0.4 is 4.72 Å². The van der Waals surface area contributed by atoms with Gasteiger partial charge in [-0.25, -0.2) is 21.9 Å². The van der Waals surface area contributed by atoms with E-state index in [0.29, 0.717) is 5.56 Å². The molecule has 2 aromatic carbocycles. The molecular weight excluding hydrogens is 296 g/mol. The third kappa shape index (κ3) is 3.28. The fraction of sp³-hybridized carbons (Fsp3) is 0.200. The molecule has 0 aliphatic heterocycles. The number of benzene rings is 2. The van der Waals surface area contributed by atoms with Crippen LogP contribution in [0.5, 0.6) is 0 Å². The number of aryl methyl sites for hydroxylation is 1. The Balaban J connectivity index is 2.35. The van der Waals surface area contributed by atoms with Gasteiger partial charge in [0.1, 0.15) is 11.6 Å². The summed E-state index contributed by atoms with van der Waals surface area (Å²) in [6, 6.07) is 8.82. The summed E-state index contributed by atoms with van der Waals surface area (Å²) in [6.07, 6.45) is 0. The van der Waals surface area contributed by atoms with Crippen molar-refractivity contribution >= 4 is 10.0 Å². The first-order valence-corrected chi connectivity index (χ1v) is 7.83. The Bertz CT molecular complexity index is 740. The minimum atomic E-state index is -3.86. The summed E-state index contributed by atoms with van der Waals surface area (Å²) < 4.78 is 54.3. The van der Waals surface area contributed by atoms with Crippen LogP contribution in [-0.4, -0.2) is 8.42 Å². The second-order valence-corrected chi connectivity index (χ2v) is 6.43. The van der Waals surface area contributed by atoms with Crippen molar-refractivity contribution in [2.24, 2.45) is 0 Å². The Morgan fingerprint density at radius 3 is 2.14 bits per heavy atom. The fourth-order valence-corrected chi connectivity index (χ4v) is 3.60. The molecule has 2 aromatic rings. The number of rotatable bonds is 4. The van der Waals surface area contributed by atoms with Crippen molar-refractivity contribution in [3.05, 3.63) is 65.2 Å². The molecule has 21 heavy (non-hydrogen) atoms. The highest BCUT2D eigenvalue weighted by Crippen LogP contribution is 2.23. The highest BCUT2D eigenvalue weighted by atomic mass is 32.2. The Morgan fingerprint density at radius 1 is 1.00 bits per heavy atom. The molecule has 0 heterocycles. The molecular formula is C15H15F2NO2S. The highest BCUT2D eigenvalue weighted by Gasteiger charge is 2.23. The third-order valence-electron chi connectivity index (χ3n) is 3.15. The number of nitrogens with one attached hydrogen (secondary N) is 1. The summed E-state index contributed by atoms with van der Waals surface area (Å²) in [7, 11) is -3.86. The summed E-state index contributed by atoms with van der Waals surface area (Å²) in [5, 5.41) is 0. The van der Waals surface area contributed by atoms with Crippen LogP contribution in [0.2, 0.25) is 0 Å². The molecule has 0 aromatic heterocycles. The van der Waals surface area contributed by atoms with Crippen LogP contribution in [0.25, 0.3) is 0 Å². The van der Waals surface area contributed by atoms with Gasteiger partial charge in [-0.05, 0) is 37.6 Å². The maximum atomic E-state index is 13.7. The zero-order chi connectivity index (χ0) is 15.6. The van der Waals surface area contributed by atoms with Gasteiger partial charge >= 0.3 is 0 Å². The number of sulfonamides is 1. The average molecular weight is 311 g/mol. The minimum Gasteiger partial charge on any atom is -0.207 e. The number of hydrogen-bond donors (Lipinski definition) is 1. The van der Waals surface area contributed by atoms with Crippen LogP contribution in [0, 0.1) is 18.6 Å². The Kier molecular flexibility index (Phi) is 4.39. The van der Waals surface area contributed by atoms with Crippen LogP contribution in [0.3, 0.4) is 0 Å².